The molecule has 7 heteroatoms. The van der Waals surface area contributed by atoms with E-state index < -0.39 is 5.82 Å². The molecule has 2 aromatic carbocycles. The Kier molecular flexibility index (Phi) is 6.81. The monoisotopic (exact) mass is 430 g/mol. The van der Waals surface area contributed by atoms with Gasteiger partial charge in [0.25, 0.3) is 0 Å². The fourth-order valence-corrected chi connectivity index (χ4v) is 3.90. The molecule has 1 aliphatic rings. The summed E-state index contributed by atoms with van der Waals surface area (Å²) < 4.78 is 13.5. The zero-order chi connectivity index (χ0) is 22.3. The first-order valence-electron chi connectivity index (χ1n) is 11.0. The summed E-state index contributed by atoms with van der Waals surface area (Å²) in [7, 11) is 0. The molecule has 0 aliphatic carbocycles. The molecule has 1 aliphatic heterocycles. The Morgan fingerprint density at radius 1 is 1.00 bits per heavy atom. The van der Waals surface area contributed by atoms with Gasteiger partial charge in [-0.15, -0.1) is 0 Å². The first-order valence-corrected chi connectivity index (χ1v) is 11.0. The average Bonchev–Trinajstić information content (AvgIpc) is 2.79. The van der Waals surface area contributed by atoms with Crippen LogP contribution < -0.4 is 15.5 Å². The van der Waals surface area contributed by atoms with Crippen molar-refractivity contribution in [1.82, 2.24) is 9.97 Å². The second-order valence-electron chi connectivity index (χ2n) is 8.25. The van der Waals surface area contributed by atoms with Crippen molar-refractivity contribution < 1.29 is 4.39 Å². The third-order valence-corrected chi connectivity index (χ3v) is 5.77. The highest BCUT2D eigenvalue weighted by molar-refractivity contribution is 5.62. The molecule has 0 spiro atoms. The highest BCUT2D eigenvalue weighted by Gasteiger charge is 2.13. The Labute approximate surface area is 188 Å². The van der Waals surface area contributed by atoms with Crippen molar-refractivity contribution in [1.29, 1.82) is 5.26 Å². The Balaban J connectivity index is 1.41. The zero-order valence-electron chi connectivity index (χ0n) is 18.2. The maximum Gasteiger partial charge on any atom is 0.229 e. The number of rotatable bonds is 5. The summed E-state index contributed by atoms with van der Waals surface area (Å²) in [5, 5.41) is 15.3. The van der Waals surface area contributed by atoms with Gasteiger partial charge in [-0.3, -0.25) is 0 Å². The molecule has 164 valence electrons. The summed E-state index contributed by atoms with van der Waals surface area (Å²) in [6.07, 6.45) is 6.75. The summed E-state index contributed by atoms with van der Waals surface area (Å²) in [6, 6.07) is 16.2. The van der Waals surface area contributed by atoms with Gasteiger partial charge in [0, 0.05) is 36.3 Å². The van der Waals surface area contributed by atoms with Crippen LogP contribution in [0.15, 0.2) is 54.7 Å². The number of halogens is 1. The van der Waals surface area contributed by atoms with Gasteiger partial charge in [-0.1, -0.05) is 19.8 Å². The van der Waals surface area contributed by atoms with Crippen molar-refractivity contribution in [3.05, 3.63) is 66.1 Å². The lowest BCUT2D eigenvalue weighted by Crippen LogP contribution is -2.28. The van der Waals surface area contributed by atoms with E-state index in [1.807, 2.05) is 18.2 Å². The van der Waals surface area contributed by atoms with Crippen molar-refractivity contribution in [2.75, 3.05) is 28.6 Å². The summed E-state index contributed by atoms with van der Waals surface area (Å²) in [5.74, 6) is 1.24. The highest BCUT2D eigenvalue weighted by Crippen LogP contribution is 2.25. The number of hydrogen-bond acceptors (Lipinski definition) is 6. The normalized spacial score (nSPS) is 16.5. The predicted octanol–water partition coefficient (Wildman–Crippen LogP) is 5.99. The van der Waals surface area contributed by atoms with Crippen LogP contribution in [0, 0.1) is 23.1 Å². The van der Waals surface area contributed by atoms with Gasteiger partial charge in [-0.05, 0) is 67.3 Å². The van der Waals surface area contributed by atoms with Gasteiger partial charge in [0.05, 0.1) is 5.56 Å². The Morgan fingerprint density at radius 3 is 2.62 bits per heavy atom. The number of anilines is 5. The van der Waals surface area contributed by atoms with Crippen molar-refractivity contribution in [2.24, 2.45) is 5.92 Å². The van der Waals surface area contributed by atoms with E-state index in [-0.39, 0.29) is 5.56 Å². The maximum absolute atomic E-state index is 13.5. The third kappa shape index (κ3) is 5.52. The van der Waals surface area contributed by atoms with Crippen LogP contribution >= 0.6 is 0 Å². The van der Waals surface area contributed by atoms with Crippen LogP contribution in [0.25, 0.3) is 0 Å². The molecule has 2 heterocycles. The summed E-state index contributed by atoms with van der Waals surface area (Å²) >= 11 is 0. The maximum atomic E-state index is 13.5. The molecular formula is C25H27FN6. The first kappa shape index (κ1) is 21.6. The SMILES string of the molecule is CC1CCCCN(c2ccc(Nc3nccc(Nc4ccc(F)c(C#N)c4)n3)cc2)CC1. The molecule has 1 atom stereocenters. The molecule has 6 nitrogen and oxygen atoms in total. The number of nitriles is 1. The van der Waals surface area contributed by atoms with Gasteiger partial charge in [0.15, 0.2) is 0 Å². The molecule has 1 aromatic heterocycles. The van der Waals surface area contributed by atoms with Crippen LogP contribution in [0.1, 0.15) is 38.2 Å². The molecule has 1 unspecified atom stereocenters. The van der Waals surface area contributed by atoms with E-state index in [0.29, 0.717) is 17.5 Å². The molecule has 0 radical (unpaired) electrons. The summed E-state index contributed by atoms with van der Waals surface area (Å²) in [6.45, 7) is 4.55. The standard InChI is InChI=1S/C25H27FN6/c1-18-4-2-3-14-32(15-12-18)22-8-5-20(6-9-22)30-25-28-13-11-24(31-25)29-21-7-10-23(26)19(16-21)17-27/h5-11,13,16,18H,2-4,12,14-15H2,1H3,(H2,28,29,30,31). The fourth-order valence-electron chi connectivity index (χ4n) is 3.90. The lowest BCUT2D eigenvalue weighted by molar-refractivity contribution is 0.438. The van der Waals surface area contributed by atoms with Crippen LogP contribution in [-0.4, -0.2) is 23.1 Å². The quantitative estimate of drug-likeness (QED) is 0.518. The van der Waals surface area contributed by atoms with Crippen molar-refractivity contribution in [2.45, 2.75) is 32.6 Å². The first-order chi connectivity index (χ1) is 15.6. The molecule has 0 saturated carbocycles. The van der Waals surface area contributed by atoms with Gasteiger partial charge in [-0.2, -0.15) is 10.2 Å². The molecular weight excluding hydrogens is 403 g/mol. The van der Waals surface area contributed by atoms with Gasteiger partial charge < -0.3 is 15.5 Å². The Bertz CT molecular complexity index is 1090. The van der Waals surface area contributed by atoms with Crippen LogP contribution in [-0.2, 0) is 0 Å². The molecule has 1 fully saturated rings. The van der Waals surface area contributed by atoms with Gasteiger partial charge >= 0.3 is 0 Å². The number of hydrogen-bond donors (Lipinski definition) is 2. The Hall–Kier alpha value is -3.66. The van der Waals surface area contributed by atoms with Crippen LogP contribution in [0.2, 0.25) is 0 Å². The fraction of sp³-hybridized carbons (Fsp3) is 0.320. The molecule has 2 N–H and O–H groups in total. The predicted molar refractivity (Wildman–Crippen MR) is 126 cm³/mol. The van der Waals surface area contributed by atoms with Crippen molar-refractivity contribution in [3.8, 4) is 6.07 Å². The van der Waals surface area contributed by atoms with E-state index in [1.54, 1.807) is 18.3 Å². The van der Waals surface area contributed by atoms with E-state index in [9.17, 15) is 4.39 Å². The van der Waals surface area contributed by atoms with Crippen LogP contribution in [0.5, 0.6) is 0 Å². The largest absolute Gasteiger partial charge is 0.372 e. The minimum Gasteiger partial charge on any atom is -0.372 e. The number of aromatic nitrogens is 2. The molecule has 32 heavy (non-hydrogen) atoms. The summed E-state index contributed by atoms with van der Waals surface area (Å²) in [4.78, 5) is 11.2. The van der Waals surface area contributed by atoms with E-state index in [0.717, 1.165) is 24.7 Å². The molecule has 0 amide bonds. The van der Waals surface area contributed by atoms with E-state index in [1.165, 1.54) is 43.5 Å². The van der Waals surface area contributed by atoms with Crippen LogP contribution in [0.3, 0.4) is 0 Å². The Morgan fingerprint density at radius 2 is 1.81 bits per heavy atom. The second-order valence-corrected chi connectivity index (χ2v) is 8.25. The van der Waals surface area contributed by atoms with E-state index in [4.69, 9.17) is 5.26 Å². The summed E-state index contributed by atoms with van der Waals surface area (Å²) in [5.41, 5.74) is 2.71. The zero-order valence-corrected chi connectivity index (χ0v) is 18.2. The number of benzene rings is 2. The molecule has 1 saturated heterocycles. The average molecular weight is 431 g/mol. The number of nitrogens with one attached hydrogen (secondary N) is 2. The van der Waals surface area contributed by atoms with Gasteiger partial charge in [-0.25, -0.2) is 9.37 Å². The van der Waals surface area contributed by atoms with E-state index in [2.05, 4.69) is 44.6 Å². The topological polar surface area (TPSA) is 76.9 Å². The lowest BCUT2D eigenvalue weighted by Gasteiger charge is -2.29. The van der Waals surface area contributed by atoms with E-state index >= 15 is 0 Å². The number of nitrogens with zero attached hydrogens (tertiary/aromatic N) is 4. The molecule has 4 rings (SSSR count). The second kappa shape index (κ2) is 10.1. The lowest BCUT2D eigenvalue weighted by atomic mass is 9.98. The minimum absolute atomic E-state index is 0.0167. The molecule has 3 aromatic rings. The van der Waals surface area contributed by atoms with Crippen molar-refractivity contribution in [3.63, 3.8) is 0 Å². The van der Waals surface area contributed by atoms with Gasteiger partial charge in [0.2, 0.25) is 5.95 Å². The highest BCUT2D eigenvalue weighted by atomic mass is 19.1. The molecule has 0 bridgehead atoms. The third-order valence-electron chi connectivity index (χ3n) is 5.77. The van der Waals surface area contributed by atoms with Gasteiger partial charge in [0.1, 0.15) is 17.7 Å². The minimum atomic E-state index is -0.545. The smallest absolute Gasteiger partial charge is 0.229 e. The van der Waals surface area contributed by atoms with Crippen molar-refractivity contribution >= 4 is 28.8 Å². The van der Waals surface area contributed by atoms with Crippen LogP contribution in [0.4, 0.5) is 33.2 Å².